The smallest absolute Gasteiger partial charge is 0.267 e. The van der Waals surface area contributed by atoms with Gasteiger partial charge in [0.05, 0.1) is 18.7 Å². The molecule has 0 radical (unpaired) electrons. The van der Waals surface area contributed by atoms with Crippen LogP contribution in [0.4, 0.5) is 5.69 Å². The van der Waals surface area contributed by atoms with Crippen molar-refractivity contribution in [3.8, 4) is 0 Å². The maximum atomic E-state index is 13.2. The Kier molecular flexibility index (Phi) is 3.73. The van der Waals surface area contributed by atoms with Gasteiger partial charge < -0.3 is 15.3 Å². The fraction of sp³-hybridized carbons (Fsp3) is 0.300. The quantitative estimate of drug-likeness (QED) is 0.613. The fourth-order valence-electron chi connectivity index (χ4n) is 4.73. The van der Waals surface area contributed by atoms with E-state index in [0.717, 1.165) is 16.8 Å². The molecule has 3 N–H and O–H groups in total. The molecule has 4 heterocycles. The number of aromatic nitrogens is 4. The van der Waals surface area contributed by atoms with Gasteiger partial charge in [-0.2, -0.15) is 5.10 Å². The Morgan fingerprint density at radius 3 is 2.86 bits per heavy atom. The zero-order valence-electron chi connectivity index (χ0n) is 15.8. The number of H-pyrrole nitrogens is 2. The van der Waals surface area contributed by atoms with Crippen LogP contribution >= 0.6 is 0 Å². The predicted octanol–water partition coefficient (Wildman–Crippen LogP) is 0.843. The van der Waals surface area contributed by atoms with Crippen LogP contribution in [0.1, 0.15) is 29.2 Å². The summed E-state index contributed by atoms with van der Waals surface area (Å²) >= 11 is 0. The molecule has 3 aromatic rings. The molecule has 2 atom stereocenters. The van der Waals surface area contributed by atoms with Crippen molar-refractivity contribution in [3.05, 3.63) is 69.9 Å². The molecule has 0 bridgehead atoms. The number of aromatic amines is 2. The van der Waals surface area contributed by atoms with E-state index in [-0.39, 0.29) is 23.8 Å². The lowest BCUT2D eigenvalue weighted by molar-refractivity contribution is -0.132. The van der Waals surface area contributed by atoms with Crippen LogP contribution < -0.4 is 10.9 Å². The van der Waals surface area contributed by atoms with Gasteiger partial charge in [0.2, 0.25) is 11.8 Å². The molecule has 2 aliphatic heterocycles. The monoisotopic (exact) mass is 392 g/mol. The average Bonchev–Trinajstić information content (AvgIpc) is 3.45. The van der Waals surface area contributed by atoms with Gasteiger partial charge in [0.15, 0.2) is 0 Å². The minimum absolute atomic E-state index is 0.0328. The van der Waals surface area contributed by atoms with E-state index in [9.17, 15) is 14.4 Å². The number of anilines is 1. The Bertz CT molecular complexity index is 1170. The fourth-order valence-corrected chi connectivity index (χ4v) is 4.73. The Morgan fingerprint density at radius 2 is 2.14 bits per heavy atom. The number of carbonyl (C=O) groups excluding carboxylic acids is 2. The van der Waals surface area contributed by atoms with E-state index in [2.05, 4.69) is 20.6 Å². The summed E-state index contributed by atoms with van der Waals surface area (Å²) in [6.07, 6.45) is 5.52. The summed E-state index contributed by atoms with van der Waals surface area (Å²) < 4.78 is 1.67. The number of amides is 2. The second-order valence-corrected chi connectivity index (χ2v) is 7.60. The highest BCUT2D eigenvalue weighted by atomic mass is 16.2. The third kappa shape index (κ3) is 2.47. The number of hydrogen-bond donors (Lipinski definition) is 3. The molecule has 1 aromatic carbocycles. The van der Waals surface area contributed by atoms with Gasteiger partial charge in [-0.1, -0.05) is 18.2 Å². The topological polar surface area (TPSA) is 116 Å². The van der Waals surface area contributed by atoms with Crippen molar-refractivity contribution in [2.75, 3.05) is 11.9 Å². The van der Waals surface area contributed by atoms with Crippen molar-refractivity contribution in [2.24, 2.45) is 7.05 Å². The number of rotatable bonds is 3. The first-order valence-electron chi connectivity index (χ1n) is 9.44. The summed E-state index contributed by atoms with van der Waals surface area (Å²) in [6, 6.07) is 7.12. The number of hydrogen-bond acceptors (Lipinski definition) is 4. The molecule has 0 saturated carbocycles. The molecule has 9 nitrogen and oxygen atoms in total. The number of carbonyl (C=O) groups is 2. The SMILES string of the molecule is Cn1cc([C@@H]2N(C(=O)Cc3c[nH][nH]c3=O)CC[C@]23C(=O)Nc2ccccc23)cn1. The highest BCUT2D eigenvalue weighted by Crippen LogP contribution is 2.54. The van der Waals surface area contributed by atoms with E-state index in [1.807, 2.05) is 30.5 Å². The van der Waals surface area contributed by atoms with E-state index in [0.29, 0.717) is 18.5 Å². The van der Waals surface area contributed by atoms with Crippen LogP contribution in [0.5, 0.6) is 0 Å². The molecule has 2 aliphatic rings. The zero-order valence-corrected chi connectivity index (χ0v) is 15.8. The van der Waals surface area contributed by atoms with Crippen LogP contribution in [0.2, 0.25) is 0 Å². The molecule has 2 aromatic heterocycles. The summed E-state index contributed by atoms with van der Waals surface area (Å²) in [7, 11) is 1.80. The molecule has 1 fully saturated rings. The van der Waals surface area contributed by atoms with Gasteiger partial charge in [-0.3, -0.25) is 24.2 Å². The van der Waals surface area contributed by atoms with Gasteiger partial charge in [-0.15, -0.1) is 0 Å². The molecule has 9 heteroatoms. The van der Waals surface area contributed by atoms with Gasteiger partial charge in [-0.25, -0.2) is 0 Å². The van der Waals surface area contributed by atoms with Crippen molar-refractivity contribution >= 4 is 17.5 Å². The van der Waals surface area contributed by atoms with E-state index in [4.69, 9.17) is 0 Å². The van der Waals surface area contributed by atoms with Gasteiger partial charge in [0.25, 0.3) is 5.56 Å². The number of para-hydroxylation sites is 1. The molecule has 2 amide bonds. The van der Waals surface area contributed by atoms with E-state index >= 15 is 0 Å². The highest BCUT2D eigenvalue weighted by molar-refractivity contribution is 6.07. The minimum atomic E-state index is -0.875. The molecular weight excluding hydrogens is 372 g/mol. The third-order valence-corrected chi connectivity index (χ3v) is 6.01. The summed E-state index contributed by atoms with van der Waals surface area (Å²) in [5, 5.41) is 12.3. The first kappa shape index (κ1) is 17.5. The number of likely N-dealkylation sites (tertiary alicyclic amines) is 1. The minimum Gasteiger partial charge on any atom is -0.334 e. The molecule has 5 rings (SSSR count). The molecule has 29 heavy (non-hydrogen) atoms. The number of fused-ring (bicyclic) bond motifs is 2. The Labute approximate surface area is 165 Å². The van der Waals surface area contributed by atoms with Gasteiger partial charge >= 0.3 is 0 Å². The molecule has 0 unspecified atom stereocenters. The van der Waals surface area contributed by atoms with Crippen LogP contribution in [0, 0.1) is 0 Å². The Morgan fingerprint density at radius 1 is 1.31 bits per heavy atom. The van der Waals surface area contributed by atoms with E-state index < -0.39 is 11.5 Å². The summed E-state index contributed by atoms with van der Waals surface area (Å²) in [6.45, 7) is 0.419. The van der Waals surface area contributed by atoms with Crippen LogP contribution in [0.15, 0.2) is 47.7 Å². The van der Waals surface area contributed by atoms with Crippen LogP contribution in [0.3, 0.4) is 0 Å². The van der Waals surface area contributed by atoms with Crippen LogP contribution in [-0.4, -0.2) is 43.2 Å². The standard InChI is InChI=1S/C20H20N6O3/c1-25-11-13(10-22-25)17-20(14-4-2-3-5-15(14)23-19(20)29)6-7-26(17)16(27)8-12-9-21-24-18(12)28/h2-5,9-11,17H,6-8H2,1H3,(H,23,29)(H2,21,24,28)/t17-,20+/m0/s1. The van der Waals surface area contributed by atoms with Crippen LogP contribution in [-0.2, 0) is 28.5 Å². The average molecular weight is 392 g/mol. The summed E-state index contributed by atoms with van der Waals surface area (Å²) in [4.78, 5) is 40.0. The molecule has 1 saturated heterocycles. The number of aryl methyl sites for hydroxylation is 1. The predicted molar refractivity (Wildman–Crippen MR) is 104 cm³/mol. The van der Waals surface area contributed by atoms with E-state index in [1.165, 1.54) is 6.20 Å². The first-order chi connectivity index (χ1) is 14.0. The number of nitrogens with one attached hydrogen (secondary N) is 3. The summed E-state index contributed by atoms with van der Waals surface area (Å²) in [5.41, 5.74) is 1.66. The van der Waals surface area contributed by atoms with Gasteiger partial charge in [-0.05, 0) is 18.1 Å². The largest absolute Gasteiger partial charge is 0.334 e. The molecule has 148 valence electrons. The first-order valence-corrected chi connectivity index (χ1v) is 9.44. The summed E-state index contributed by atoms with van der Waals surface area (Å²) in [5.74, 6) is -0.305. The third-order valence-electron chi connectivity index (χ3n) is 6.01. The molecule has 1 spiro atoms. The second kappa shape index (κ2) is 6.20. The number of benzene rings is 1. The molecule has 0 aliphatic carbocycles. The van der Waals surface area contributed by atoms with E-state index in [1.54, 1.807) is 22.8 Å². The number of nitrogens with zero attached hydrogens (tertiary/aromatic N) is 3. The Hall–Kier alpha value is -3.62. The van der Waals surface area contributed by atoms with Gasteiger partial charge in [0.1, 0.15) is 5.41 Å². The lowest BCUT2D eigenvalue weighted by Gasteiger charge is -2.33. The van der Waals surface area contributed by atoms with Crippen molar-refractivity contribution in [3.63, 3.8) is 0 Å². The highest BCUT2D eigenvalue weighted by Gasteiger charge is 2.59. The second-order valence-electron chi connectivity index (χ2n) is 7.60. The van der Waals surface area contributed by atoms with Crippen molar-refractivity contribution in [2.45, 2.75) is 24.3 Å². The lowest BCUT2D eigenvalue weighted by atomic mass is 9.73. The van der Waals surface area contributed by atoms with Crippen LogP contribution in [0.25, 0.3) is 0 Å². The maximum absolute atomic E-state index is 13.2. The lowest BCUT2D eigenvalue weighted by Crippen LogP contribution is -2.43. The van der Waals surface area contributed by atoms with Crippen molar-refractivity contribution < 1.29 is 9.59 Å². The maximum Gasteiger partial charge on any atom is 0.267 e. The van der Waals surface area contributed by atoms with Crippen molar-refractivity contribution in [1.29, 1.82) is 0 Å². The zero-order chi connectivity index (χ0) is 20.2. The van der Waals surface area contributed by atoms with Crippen molar-refractivity contribution in [1.82, 2.24) is 24.9 Å². The van der Waals surface area contributed by atoms with Gasteiger partial charge in [0, 0.05) is 42.8 Å². The molecular formula is C20H20N6O3. The Balaban J connectivity index is 1.61. The normalized spacial score (nSPS) is 22.9.